The van der Waals surface area contributed by atoms with Crippen molar-refractivity contribution in [3.8, 4) is 0 Å². The molecule has 0 saturated heterocycles. The van der Waals surface area contributed by atoms with Crippen LogP contribution in [0.5, 0.6) is 0 Å². The average Bonchev–Trinajstić information content (AvgIpc) is 2.72. The number of hydrogen-bond donors (Lipinski definition) is 3. The first kappa shape index (κ1) is 15.2. The molecule has 3 heteroatoms. The van der Waals surface area contributed by atoms with E-state index in [0.717, 1.165) is 44.9 Å². The molecular weight excluding hydrogens is 276 g/mol. The molecule has 124 valence electrons. The van der Waals surface area contributed by atoms with Crippen LogP contribution >= 0.6 is 0 Å². The predicted octanol–water partition coefficient (Wildman–Crippen LogP) is 2.64. The van der Waals surface area contributed by atoms with Crippen molar-refractivity contribution >= 4 is 0 Å². The molecule has 4 aliphatic carbocycles. The van der Waals surface area contributed by atoms with Gasteiger partial charge in [-0.15, -0.1) is 0 Å². The smallest absolute Gasteiger partial charge is 0.0855 e. The average molecular weight is 306 g/mol. The van der Waals surface area contributed by atoms with E-state index in [0.29, 0.717) is 17.8 Å². The molecule has 6 unspecified atom stereocenters. The van der Waals surface area contributed by atoms with E-state index in [2.05, 4.69) is 19.9 Å². The fraction of sp³-hybridized carbons (Fsp3) is 0.895. The minimum atomic E-state index is -0.551. The summed E-state index contributed by atoms with van der Waals surface area (Å²) in [5.41, 5.74) is 1.62. The first-order valence-corrected chi connectivity index (χ1v) is 9.10. The van der Waals surface area contributed by atoms with Crippen molar-refractivity contribution in [1.29, 1.82) is 0 Å². The molecular formula is C19H30O3. The van der Waals surface area contributed by atoms with Crippen molar-refractivity contribution in [1.82, 2.24) is 0 Å². The Morgan fingerprint density at radius 2 is 1.82 bits per heavy atom. The van der Waals surface area contributed by atoms with E-state index in [1.165, 1.54) is 5.57 Å². The van der Waals surface area contributed by atoms with Gasteiger partial charge in [0.25, 0.3) is 0 Å². The van der Waals surface area contributed by atoms with E-state index in [1.807, 2.05) is 0 Å². The summed E-state index contributed by atoms with van der Waals surface area (Å²) in [6.45, 7) is 4.60. The lowest BCUT2D eigenvalue weighted by molar-refractivity contribution is -0.0817. The maximum atomic E-state index is 10.5. The van der Waals surface area contributed by atoms with E-state index < -0.39 is 12.2 Å². The molecule has 0 amide bonds. The standard InChI is InChI=1S/C19H30O3/c1-18-7-5-12(20)9-11(18)3-4-13-14(18)6-8-19(2)15(13)10-16(21)17(19)22/h3,12-17,20-22H,4-10H2,1-2H3/t12?,13?,14?,15?,16?,17?,18-,19-/m0/s1. The molecule has 0 aromatic heterocycles. The van der Waals surface area contributed by atoms with E-state index in [1.54, 1.807) is 0 Å². The molecule has 0 aromatic rings. The zero-order chi connectivity index (χ0) is 15.7. The van der Waals surface area contributed by atoms with Crippen molar-refractivity contribution < 1.29 is 15.3 Å². The van der Waals surface area contributed by atoms with Crippen LogP contribution in [0.25, 0.3) is 0 Å². The van der Waals surface area contributed by atoms with Gasteiger partial charge in [0.2, 0.25) is 0 Å². The zero-order valence-electron chi connectivity index (χ0n) is 13.8. The van der Waals surface area contributed by atoms with Gasteiger partial charge in [-0.3, -0.25) is 0 Å². The first-order chi connectivity index (χ1) is 10.4. The molecule has 0 aromatic carbocycles. The van der Waals surface area contributed by atoms with Gasteiger partial charge in [0.15, 0.2) is 0 Å². The van der Waals surface area contributed by atoms with Crippen LogP contribution in [0.4, 0.5) is 0 Å². The second-order valence-corrected chi connectivity index (χ2v) is 8.95. The maximum absolute atomic E-state index is 10.5. The van der Waals surface area contributed by atoms with Crippen molar-refractivity contribution in [3.63, 3.8) is 0 Å². The Morgan fingerprint density at radius 3 is 2.59 bits per heavy atom. The highest BCUT2D eigenvalue weighted by molar-refractivity contribution is 5.25. The van der Waals surface area contributed by atoms with Crippen molar-refractivity contribution in [2.75, 3.05) is 0 Å². The predicted molar refractivity (Wildman–Crippen MR) is 85.1 cm³/mol. The molecule has 3 fully saturated rings. The monoisotopic (exact) mass is 306 g/mol. The van der Waals surface area contributed by atoms with Crippen LogP contribution in [-0.2, 0) is 0 Å². The summed E-state index contributed by atoms with van der Waals surface area (Å²) in [5.74, 6) is 1.70. The Kier molecular flexibility index (Phi) is 3.32. The Hall–Kier alpha value is -0.380. The van der Waals surface area contributed by atoms with E-state index in [4.69, 9.17) is 0 Å². The van der Waals surface area contributed by atoms with Gasteiger partial charge in [-0.2, -0.15) is 0 Å². The maximum Gasteiger partial charge on any atom is 0.0855 e. The molecule has 0 spiro atoms. The third kappa shape index (κ3) is 1.85. The lowest BCUT2D eigenvalue weighted by atomic mass is 9.48. The Morgan fingerprint density at radius 1 is 1.05 bits per heavy atom. The van der Waals surface area contributed by atoms with Gasteiger partial charge in [0, 0.05) is 0 Å². The fourth-order valence-electron chi connectivity index (χ4n) is 6.63. The molecule has 22 heavy (non-hydrogen) atoms. The SMILES string of the molecule is C[C@]12CCC3C(CC=C4CC(O)CC[C@@]43C)C1CC(O)C2O. The van der Waals surface area contributed by atoms with Gasteiger partial charge in [0.05, 0.1) is 18.3 Å². The van der Waals surface area contributed by atoms with Crippen molar-refractivity contribution in [2.24, 2.45) is 28.6 Å². The van der Waals surface area contributed by atoms with Crippen LogP contribution in [0.2, 0.25) is 0 Å². The van der Waals surface area contributed by atoms with Crippen LogP contribution < -0.4 is 0 Å². The van der Waals surface area contributed by atoms with Crippen LogP contribution in [0.1, 0.15) is 58.8 Å². The van der Waals surface area contributed by atoms with Gasteiger partial charge in [0.1, 0.15) is 0 Å². The molecule has 0 aliphatic heterocycles. The molecule has 0 heterocycles. The summed E-state index contributed by atoms with van der Waals surface area (Å²) in [4.78, 5) is 0. The number of hydrogen-bond acceptors (Lipinski definition) is 3. The summed E-state index contributed by atoms with van der Waals surface area (Å²) in [7, 11) is 0. The molecule has 3 nitrogen and oxygen atoms in total. The van der Waals surface area contributed by atoms with Crippen LogP contribution in [0, 0.1) is 28.6 Å². The van der Waals surface area contributed by atoms with E-state index in [9.17, 15) is 15.3 Å². The van der Waals surface area contributed by atoms with Crippen molar-refractivity contribution in [2.45, 2.75) is 77.1 Å². The van der Waals surface area contributed by atoms with E-state index >= 15 is 0 Å². The molecule has 4 aliphatic rings. The topological polar surface area (TPSA) is 60.7 Å². The highest BCUT2D eigenvalue weighted by Gasteiger charge is 2.60. The summed E-state index contributed by atoms with van der Waals surface area (Å²) in [6, 6.07) is 0. The summed E-state index contributed by atoms with van der Waals surface area (Å²) >= 11 is 0. The van der Waals surface area contributed by atoms with Crippen LogP contribution in [0.3, 0.4) is 0 Å². The minimum absolute atomic E-state index is 0.101. The lowest BCUT2D eigenvalue weighted by Crippen LogP contribution is -2.51. The quantitative estimate of drug-likeness (QED) is 0.603. The number of fused-ring (bicyclic) bond motifs is 5. The molecule has 3 N–H and O–H groups in total. The number of aliphatic hydroxyl groups excluding tert-OH is 3. The van der Waals surface area contributed by atoms with Gasteiger partial charge >= 0.3 is 0 Å². The fourth-order valence-corrected chi connectivity index (χ4v) is 6.63. The van der Waals surface area contributed by atoms with Crippen molar-refractivity contribution in [3.05, 3.63) is 11.6 Å². The number of allylic oxidation sites excluding steroid dienone is 1. The minimum Gasteiger partial charge on any atom is -0.393 e. The van der Waals surface area contributed by atoms with Crippen LogP contribution in [0.15, 0.2) is 11.6 Å². The van der Waals surface area contributed by atoms with Gasteiger partial charge < -0.3 is 15.3 Å². The zero-order valence-corrected chi connectivity index (χ0v) is 13.8. The third-order valence-electron chi connectivity index (χ3n) is 8.05. The Labute approximate surface area is 133 Å². The molecule has 0 radical (unpaired) electrons. The molecule has 4 rings (SSSR count). The molecule has 8 atom stereocenters. The normalized spacial score (nSPS) is 57.6. The highest BCUT2D eigenvalue weighted by atomic mass is 16.3. The summed E-state index contributed by atoms with van der Waals surface area (Å²) < 4.78 is 0. The number of aliphatic hydroxyl groups is 3. The number of rotatable bonds is 0. The summed E-state index contributed by atoms with van der Waals surface area (Å²) in [5, 5.41) is 30.7. The van der Waals surface area contributed by atoms with Crippen LogP contribution in [-0.4, -0.2) is 33.6 Å². The second kappa shape index (κ2) is 4.81. The van der Waals surface area contributed by atoms with Gasteiger partial charge in [-0.05, 0) is 73.5 Å². The summed E-state index contributed by atoms with van der Waals surface area (Å²) in [6.07, 6.45) is 8.04. The largest absolute Gasteiger partial charge is 0.393 e. The van der Waals surface area contributed by atoms with Gasteiger partial charge in [-0.25, -0.2) is 0 Å². The third-order valence-corrected chi connectivity index (χ3v) is 8.05. The highest BCUT2D eigenvalue weighted by Crippen LogP contribution is 2.64. The van der Waals surface area contributed by atoms with E-state index in [-0.39, 0.29) is 16.9 Å². The second-order valence-electron chi connectivity index (χ2n) is 8.95. The van der Waals surface area contributed by atoms with Gasteiger partial charge in [-0.1, -0.05) is 25.5 Å². The Balaban J connectivity index is 1.68. The first-order valence-electron chi connectivity index (χ1n) is 9.10. The molecule has 3 saturated carbocycles. The molecule has 0 bridgehead atoms. The lowest BCUT2D eigenvalue weighted by Gasteiger charge is -2.57. The Bertz CT molecular complexity index is 501.